The summed E-state index contributed by atoms with van der Waals surface area (Å²) in [5.41, 5.74) is 8.50. The first-order valence-corrected chi connectivity index (χ1v) is 6.64. The van der Waals surface area contributed by atoms with Gasteiger partial charge in [0.2, 0.25) is 5.89 Å². The minimum Gasteiger partial charge on any atom is -0.508 e. The number of aromatic nitrogens is 1. The lowest BCUT2D eigenvalue weighted by molar-refractivity contribution is 0.419. The van der Waals surface area contributed by atoms with Crippen LogP contribution < -0.4 is 10.5 Å². The summed E-state index contributed by atoms with van der Waals surface area (Å²) in [6, 6.07) is 12.1. The Balaban J connectivity index is 1.87. The van der Waals surface area contributed by atoms with E-state index in [2.05, 4.69) is 4.98 Å². The van der Waals surface area contributed by atoms with Crippen LogP contribution in [0, 0.1) is 0 Å². The molecule has 2 aromatic carbocycles. The third kappa shape index (κ3) is 2.68. The first-order chi connectivity index (χ1) is 10.2. The molecule has 0 radical (unpaired) electrons. The molecule has 5 nitrogen and oxygen atoms in total. The van der Waals surface area contributed by atoms with Crippen molar-refractivity contribution in [3.05, 3.63) is 53.9 Å². The van der Waals surface area contributed by atoms with Crippen LogP contribution in [0.15, 0.2) is 46.9 Å². The van der Waals surface area contributed by atoms with Gasteiger partial charge >= 0.3 is 0 Å². The number of phenolic OH excluding ortho intramolecular Hbond substituents is 1. The number of para-hydroxylation sites is 1. The van der Waals surface area contributed by atoms with Crippen molar-refractivity contribution < 1.29 is 14.3 Å². The molecule has 3 N–H and O–H groups in total. The second-order valence-corrected chi connectivity index (χ2v) is 4.84. The van der Waals surface area contributed by atoms with Crippen LogP contribution >= 0.6 is 0 Å². The molecule has 1 unspecified atom stereocenters. The highest BCUT2D eigenvalue weighted by Crippen LogP contribution is 2.28. The van der Waals surface area contributed by atoms with Gasteiger partial charge in [-0.25, -0.2) is 4.98 Å². The number of nitrogens with two attached hydrogens (primary N) is 1. The average Bonchev–Trinajstić information content (AvgIpc) is 2.93. The molecular weight excluding hydrogens is 268 g/mol. The molecule has 108 valence electrons. The molecule has 3 aromatic rings. The number of oxazole rings is 1. The van der Waals surface area contributed by atoms with E-state index in [1.807, 2.05) is 30.3 Å². The second kappa shape index (κ2) is 5.46. The average molecular weight is 284 g/mol. The number of hydrogen-bond acceptors (Lipinski definition) is 5. The maximum atomic E-state index is 9.28. The monoisotopic (exact) mass is 284 g/mol. The van der Waals surface area contributed by atoms with E-state index in [0.717, 1.165) is 5.56 Å². The number of phenols is 1. The summed E-state index contributed by atoms with van der Waals surface area (Å²) < 4.78 is 11.0. The maximum absolute atomic E-state index is 9.28. The first-order valence-electron chi connectivity index (χ1n) is 6.64. The van der Waals surface area contributed by atoms with E-state index in [9.17, 15) is 5.11 Å². The SMILES string of the molecule is COc1cccc2oc(C(N)Cc3ccc(O)cc3)nc12. The van der Waals surface area contributed by atoms with E-state index in [1.165, 1.54) is 0 Å². The first kappa shape index (κ1) is 13.5. The van der Waals surface area contributed by atoms with Gasteiger partial charge in [-0.2, -0.15) is 0 Å². The van der Waals surface area contributed by atoms with E-state index in [4.69, 9.17) is 14.9 Å². The molecule has 21 heavy (non-hydrogen) atoms. The minimum atomic E-state index is -0.355. The van der Waals surface area contributed by atoms with Crippen LogP contribution in [0.3, 0.4) is 0 Å². The Hall–Kier alpha value is -2.53. The number of aromatic hydroxyl groups is 1. The molecule has 1 atom stereocenters. The van der Waals surface area contributed by atoms with E-state index in [-0.39, 0.29) is 11.8 Å². The quantitative estimate of drug-likeness (QED) is 0.770. The Kier molecular flexibility index (Phi) is 3.50. The normalized spacial score (nSPS) is 12.5. The predicted molar refractivity (Wildman–Crippen MR) is 79.3 cm³/mol. The fraction of sp³-hybridized carbons (Fsp3) is 0.188. The molecule has 1 heterocycles. The summed E-state index contributed by atoms with van der Waals surface area (Å²) in [5.74, 6) is 1.38. The van der Waals surface area contributed by atoms with Crippen LogP contribution in [0.4, 0.5) is 0 Å². The van der Waals surface area contributed by atoms with E-state index in [0.29, 0.717) is 29.2 Å². The van der Waals surface area contributed by atoms with Gasteiger partial charge < -0.3 is 20.0 Å². The zero-order valence-electron chi connectivity index (χ0n) is 11.6. The molecule has 0 fully saturated rings. The fourth-order valence-electron chi connectivity index (χ4n) is 2.24. The summed E-state index contributed by atoms with van der Waals surface area (Å²) in [5, 5.41) is 9.28. The molecular formula is C16H16N2O3. The van der Waals surface area contributed by atoms with E-state index >= 15 is 0 Å². The third-order valence-electron chi connectivity index (χ3n) is 3.33. The minimum absolute atomic E-state index is 0.235. The Morgan fingerprint density at radius 3 is 2.71 bits per heavy atom. The molecule has 5 heteroatoms. The molecule has 0 spiro atoms. The van der Waals surface area contributed by atoms with Gasteiger partial charge in [0, 0.05) is 0 Å². The number of rotatable bonds is 4. The molecule has 0 amide bonds. The summed E-state index contributed by atoms with van der Waals surface area (Å²) in [6.07, 6.45) is 0.579. The van der Waals surface area contributed by atoms with Crippen molar-refractivity contribution in [1.29, 1.82) is 0 Å². The van der Waals surface area contributed by atoms with Gasteiger partial charge in [-0.05, 0) is 36.2 Å². The number of hydrogen-bond donors (Lipinski definition) is 2. The lowest BCUT2D eigenvalue weighted by atomic mass is 10.1. The third-order valence-corrected chi connectivity index (χ3v) is 3.33. The van der Waals surface area contributed by atoms with Crippen LogP contribution in [-0.2, 0) is 6.42 Å². The number of benzene rings is 2. The molecule has 0 saturated heterocycles. The zero-order valence-corrected chi connectivity index (χ0v) is 11.6. The van der Waals surface area contributed by atoms with Crippen LogP contribution in [0.5, 0.6) is 11.5 Å². The summed E-state index contributed by atoms with van der Waals surface area (Å²) >= 11 is 0. The van der Waals surface area contributed by atoms with Crippen molar-refractivity contribution in [3.8, 4) is 11.5 Å². The van der Waals surface area contributed by atoms with Gasteiger partial charge in [-0.1, -0.05) is 18.2 Å². The van der Waals surface area contributed by atoms with Gasteiger partial charge in [-0.15, -0.1) is 0 Å². The maximum Gasteiger partial charge on any atom is 0.212 e. The van der Waals surface area contributed by atoms with Gasteiger partial charge in [0.25, 0.3) is 0 Å². The van der Waals surface area contributed by atoms with Gasteiger partial charge in [-0.3, -0.25) is 0 Å². The zero-order chi connectivity index (χ0) is 14.8. The highest BCUT2D eigenvalue weighted by molar-refractivity contribution is 5.79. The predicted octanol–water partition coefficient (Wildman–Crippen LogP) is 2.78. The van der Waals surface area contributed by atoms with E-state index in [1.54, 1.807) is 19.2 Å². The smallest absolute Gasteiger partial charge is 0.212 e. The Morgan fingerprint density at radius 1 is 1.24 bits per heavy atom. The molecule has 3 rings (SSSR count). The van der Waals surface area contributed by atoms with Crippen LogP contribution in [0.2, 0.25) is 0 Å². The van der Waals surface area contributed by atoms with Gasteiger partial charge in [0.05, 0.1) is 13.2 Å². The number of methoxy groups -OCH3 is 1. The van der Waals surface area contributed by atoms with E-state index < -0.39 is 0 Å². The van der Waals surface area contributed by atoms with Gasteiger partial charge in [0.15, 0.2) is 11.1 Å². The molecule has 0 aliphatic heterocycles. The van der Waals surface area contributed by atoms with Crippen molar-refractivity contribution in [2.45, 2.75) is 12.5 Å². The fourth-order valence-corrected chi connectivity index (χ4v) is 2.24. The van der Waals surface area contributed by atoms with Crippen molar-refractivity contribution in [3.63, 3.8) is 0 Å². The number of ether oxygens (including phenoxy) is 1. The summed E-state index contributed by atoms with van der Waals surface area (Å²) in [7, 11) is 1.60. The van der Waals surface area contributed by atoms with Gasteiger partial charge in [0.1, 0.15) is 11.5 Å². The van der Waals surface area contributed by atoms with Crippen LogP contribution in [0.1, 0.15) is 17.5 Å². The molecule has 0 aliphatic carbocycles. The molecule has 0 bridgehead atoms. The van der Waals surface area contributed by atoms with Crippen molar-refractivity contribution in [1.82, 2.24) is 4.98 Å². The standard InChI is InChI=1S/C16H16N2O3/c1-20-13-3-2-4-14-15(13)18-16(21-14)12(17)9-10-5-7-11(19)8-6-10/h2-8,12,19H,9,17H2,1H3. The largest absolute Gasteiger partial charge is 0.508 e. The van der Waals surface area contributed by atoms with Crippen molar-refractivity contribution in [2.75, 3.05) is 7.11 Å². The highest BCUT2D eigenvalue weighted by Gasteiger charge is 2.16. The topological polar surface area (TPSA) is 81.5 Å². The Bertz CT molecular complexity index is 750. The lowest BCUT2D eigenvalue weighted by Gasteiger charge is -2.07. The number of fused-ring (bicyclic) bond motifs is 1. The molecule has 0 saturated carbocycles. The lowest BCUT2D eigenvalue weighted by Crippen LogP contribution is -2.13. The summed E-state index contributed by atoms with van der Waals surface area (Å²) in [4.78, 5) is 4.43. The van der Waals surface area contributed by atoms with Crippen LogP contribution in [-0.4, -0.2) is 17.2 Å². The number of nitrogens with zero attached hydrogens (tertiary/aromatic N) is 1. The molecule has 1 aromatic heterocycles. The van der Waals surface area contributed by atoms with Crippen molar-refractivity contribution >= 4 is 11.1 Å². The summed E-state index contributed by atoms with van der Waals surface area (Å²) in [6.45, 7) is 0. The Morgan fingerprint density at radius 2 is 2.00 bits per heavy atom. The molecule has 0 aliphatic rings. The highest BCUT2D eigenvalue weighted by atomic mass is 16.5. The Labute approximate surface area is 122 Å². The van der Waals surface area contributed by atoms with Crippen LogP contribution in [0.25, 0.3) is 11.1 Å². The van der Waals surface area contributed by atoms with Crippen molar-refractivity contribution in [2.24, 2.45) is 5.73 Å². The second-order valence-electron chi connectivity index (χ2n) is 4.84.